The Morgan fingerprint density at radius 3 is 2.65 bits per heavy atom. The van der Waals surface area contributed by atoms with Crippen molar-refractivity contribution in [1.82, 2.24) is 14.5 Å². The Balaban J connectivity index is 1.64. The topological polar surface area (TPSA) is 104 Å². The van der Waals surface area contributed by atoms with Gasteiger partial charge in [-0.05, 0) is 12.1 Å². The van der Waals surface area contributed by atoms with E-state index in [1.807, 2.05) is 17.8 Å². The van der Waals surface area contributed by atoms with E-state index in [2.05, 4.69) is 33.1 Å². The van der Waals surface area contributed by atoms with E-state index in [1.54, 1.807) is 0 Å². The van der Waals surface area contributed by atoms with Gasteiger partial charge < -0.3 is 30.4 Å². The number of ether oxygens (including phenoxy) is 2. The minimum absolute atomic E-state index is 0.153. The molecule has 0 amide bonds. The highest BCUT2D eigenvalue weighted by Crippen LogP contribution is 2.41. The summed E-state index contributed by atoms with van der Waals surface area (Å²) in [5, 5.41) is 1.33. The highest BCUT2D eigenvalue weighted by molar-refractivity contribution is 6.33. The zero-order valence-corrected chi connectivity index (χ0v) is 19.6. The number of aromatic nitrogens is 3. The SMILES string of the molecule is COc1cc(F)c(N)c(-c2ncc(Cl)c(-c3cn(C)c4cc(N5CCOCC5)ccc34)n2)c1N. The molecule has 4 aromatic rings. The van der Waals surface area contributed by atoms with Crippen molar-refractivity contribution in [1.29, 1.82) is 0 Å². The first-order valence-corrected chi connectivity index (χ1v) is 11.1. The van der Waals surface area contributed by atoms with Crippen molar-refractivity contribution in [3.63, 3.8) is 0 Å². The zero-order chi connectivity index (χ0) is 24.0. The smallest absolute Gasteiger partial charge is 0.164 e. The van der Waals surface area contributed by atoms with Gasteiger partial charge in [-0.1, -0.05) is 17.7 Å². The van der Waals surface area contributed by atoms with Crippen molar-refractivity contribution in [3.05, 3.63) is 47.5 Å². The van der Waals surface area contributed by atoms with Crippen molar-refractivity contribution in [2.24, 2.45) is 7.05 Å². The van der Waals surface area contributed by atoms with Crippen LogP contribution >= 0.6 is 11.6 Å². The quantitative estimate of drug-likeness (QED) is 0.422. The number of methoxy groups -OCH3 is 1. The first-order chi connectivity index (χ1) is 16.4. The number of halogens is 2. The van der Waals surface area contributed by atoms with Gasteiger partial charge >= 0.3 is 0 Å². The minimum Gasteiger partial charge on any atom is -0.494 e. The molecule has 2 aromatic carbocycles. The lowest BCUT2D eigenvalue weighted by Gasteiger charge is -2.29. The number of hydrogen-bond acceptors (Lipinski definition) is 7. The van der Waals surface area contributed by atoms with Gasteiger partial charge in [0, 0.05) is 49.0 Å². The first-order valence-electron chi connectivity index (χ1n) is 10.8. The number of fused-ring (bicyclic) bond motifs is 1. The van der Waals surface area contributed by atoms with Crippen molar-refractivity contribution in [2.45, 2.75) is 0 Å². The molecular weight excluding hydrogens is 459 g/mol. The molecule has 0 saturated carbocycles. The molecule has 4 N–H and O–H groups in total. The van der Waals surface area contributed by atoms with Gasteiger partial charge in [-0.15, -0.1) is 0 Å². The molecule has 3 heterocycles. The number of anilines is 3. The lowest BCUT2D eigenvalue weighted by Crippen LogP contribution is -2.36. The largest absolute Gasteiger partial charge is 0.494 e. The third kappa shape index (κ3) is 3.66. The van der Waals surface area contributed by atoms with Crippen molar-refractivity contribution in [3.8, 4) is 28.4 Å². The zero-order valence-electron chi connectivity index (χ0n) is 18.8. The summed E-state index contributed by atoms with van der Waals surface area (Å²) in [6.45, 7) is 3.13. The Bertz CT molecular complexity index is 1400. The monoisotopic (exact) mass is 482 g/mol. The van der Waals surface area contributed by atoms with Gasteiger partial charge in [0.2, 0.25) is 0 Å². The third-order valence-electron chi connectivity index (χ3n) is 6.11. The molecule has 1 aliphatic heterocycles. The van der Waals surface area contributed by atoms with Crippen molar-refractivity contribution >= 4 is 39.6 Å². The molecule has 2 aromatic heterocycles. The van der Waals surface area contributed by atoms with Gasteiger partial charge in [0.25, 0.3) is 0 Å². The summed E-state index contributed by atoms with van der Waals surface area (Å²) in [6.07, 6.45) is 3.43. The van der Waals surface area contributed by atoms with Crippen molar-refractivity contribution in [2.75, 3.05) is 49.8 Å². The maximum atomic E-state index is 14.4. The summed E-state index contributed by atoms with van der Waals surface area (Å²) >= 11 is 6.53. The van der Waals surface area contributed by atoms with Crippen LogP contribution in [-0.2, 0) is 11.8 Å². The molecule has 1 aliphatic rings. The number of aryl methyl sites for hydroxylation is 1. The predicted molar refractivity (Wildman–Crippen MR) is 133 cm³/mol. The second-order valence-electron chi connectivity index (χ2n) is 8.11. The molecule has 34 heavy (non-hydrogen) atoms. The molecule has 0 atom stereocenters. The standard InChI is InChI=1S/C24H24ClFN6O2/c1-31-12-15(14-4-3-13(9-18(14)31)32-5-7-34-8-6-32)23-16(25)11-29-24(30-23)20-21(27)17(26)10-19(33-2)22(20)28/h3-4,9-12H,5-8,27-28H2,1-2H3. The van der Waals surface area contributed by atoms with E-state index in [0.29, 0.717) is 23.9 Å². The normalized spacial score (nSPS) is 14.1. The fraction of sp³-hybridized carbons (Fsp3) is 0.250. The van der Waals surface area contributed by atoms with Gasteiger partial charge in [-0.3, -0.25) is 0 Å². The van der Waals surface area contributed by atoms with Crippen LogP contribution in [0.25, 0.3) is 33.5 Å². The van der Waals surface area contributed by atoms with Crippen molar-refractivity contribution < 1.29 is 13.9 Å². The molecule has 0 unspecified atom stereocenters. The summed E-state index contributed by atoms with van der Waals surface area (Å²) in [6, 6.07) is 7.43. The van der Waals surface area contributed by atoms with E-state index in [1.165, 1.54) is 13.3 Å². The third-order valence-corrected chi connectivity index (χ3v) is 6.39. The van der Waals surface area contributed by atoms with E-state index < -0.39 is 5.82 Å². The number of benzene rings is 2. The number of nitrogens with zero attached hydrogens (tertiary/aromatic N) is 4. The van der Waals surface area contributed by atoms with Crippen LogP contribution in [0.2, 0.25) is 5.02 Å². The summed E-state index contributed by atoms with van der Waals surface area (Å²) < 4.78 is 27.1. The fourth-order valence-corrected chi connectivity index (χ4v) is 4.52. The molecule has 8 nitrogen and oxygen atoms in total. The number of hydrogen-bond donors (Lipinski definition) is 2. The molecule has 0 spiro atoms. The molecule has 1 saturated heterocycles. The van der Waals surface area contributed by atoms with Gasteiger partial charge in [0.1, 0.15) is 5.75 Å². The van der Waals surface area contributed by atoms with Gasteiger partial charge in [0.15, 0.2) is 11.6 Å². The van der Waals surface area contributed by atoms with Crippen LogP contribution in [0, 0.1) is 5.82 Å². The van der Waals surface area contributed by atoms with E-state index in [4.69, 9.17) is 32.5 Å². The second-order valence-corrected chi connectivity index (χ2v) is 8.51. The molecule has 1 fully saturated rings. The molecular formula is C24H24ClFN6O2. The molecule has 5 rings (SSSR count). The van der Waals surface area contributed by atoms with Crippen LogP contribution in [0.1, 0.15) is 0 Å². The Morgan fingerprint density at radius 2 is 1.91 bits per heavy atom. The van der Waals surface area contributed by atoms with E-state index >= 15 is 0 Å². The summed E-state index contributed by atoms with van der Waals surface area (Å²) in [4.78, 5) is 11.2. The van der Waals surface area contributed by atoms with E-state index in [0.717, 1.165) is 41.3 Å². The Kier molecular flexibility index (Phi) is 5.66. The molecule has 0 aliphatic carbocycles. The van der Waals surface area contributed by atoms with Crippen LogP contribution in [0.3, 0.4) is 0 Å². The highest BCUT2D eigenvalue weighted by atomic mass is 35.5. The highest BCUT2D eigenvalue weighted by Gasteiger charge is 2.22. The van der Waals surface area contributed by atoms with Crippen LogP contribution in [-0.4, -0.2) is 47.9 Å². The maximum Gasteiger partial charge on any atom is 0.164 e. The van der Waals surface area contributed by atoms with Gasteiger partial charge in [-0.25, -0.2) is 14.4 Å². The predicted octanol–water partition coefficient (Wildman–Crippen LogP) is 4.10. The lowest BCUT2D eigenvalue weighted by atomic mass is 10.1. The van der Waals surface area contributed by atoms with Gasteiger partial charge in [-0.2, -0.15) is 0 Å². The average molecular weight is 483 g/mol. The number of nitrogen functional groups attached to an aromatic ring is 2. The number of rotatable bonds is 4. The van der Waals surface area contributed by atoms with E-state index in [9.17, 15) is 4.39 Å². The van der Waals surface area contributed by atoms with Crippen LogP contribution in [0.4, 0.5) is 21.5 Å². The molecule has 0 radical (unpaired) electrons. The Hall–Kier alpha value is -3.56. The van der Waals surface area contributed by atoms with Crippen LogP contribution in [0.15, 0.2) is 36.7 Å². The summed E-state index contributed by atoms with van der Waals surface area (Å²) in [5.74, 6) is -0.348. The minimum atomic E-state index is -0.665. The summed E-state index contributed by atoms with van der Waals surface area (Å²) in [7, 11) is 3.37. The Morgan fingerprint density at radius 1 is 1.15 bits per heavy atom. The average Bonchev–Trinajstić information content (AvgIpc) is 3.18. The van der Waals surface area contributed by atoms with Gasteiger partial charge in [0.05, 0.1) is 59.7 Å². The Labute approximate surface area is 200 Å². The maximum absolute atomic E-state index is 14.4. The first kappa shape index (κ1) is 22.2. The molecule has 176 valence electrons. The van der Waals surface area contributed by atoms with Crippen LogP contribution in [0.5, 0.6) is 5.75 Å². The van der Waals surface area contributed by atoms with E-state index in [-0.39, 0.29) is 28.5 Å². The lowest BCUT2D eigenvalue weighted by molar-refractivity contribution is 0.122. The summed E-state index contributed by atoms with van der Waals surface area (Å²) in [5.41, 5.74) is 15.9. The molecule has 10 heteroatoms. The van der Waals surface area contributed by atoms with Crippen LogP contribution < -0.4 is 21.1 Å². The number of nitrogens with two attached hydrogens (primary N) is 2. The fourth-order valence-electron chi connectivity index (χ4n) is 4.32. The number of morpholine rings is 1. The second kappa shape index (κ2) is 8.66. The molecule has 0 bridgehead atoms.